The number of hydrogen-bond acceptors (Lipinski definition) is 5. The van der Waals surface area contributed by atoms with Crippen LogP contribution in [0, 0.1) is 6.92 Å². The second-order valence-electron chi connectivity index (χ2n) is 3.68. The van der Waals surface area contributed by atoms with Crippen molar-refractivity contribution in [2.45, 2.75) is 19.4 Å². The number of aliphatic hydroxyl groups is 2. The zero-order chi connectivity index (χ0) is 11.5. The first-order valence-electron chi connectivity index (χ1n) is 4.51. The lowest BCUT2D eigenvalue weighted by atomic mass is 10.1. The molecule has 0 aliphatic heterocycles. The van der Waals surface area contributed by atoms with Crippen molar-refractivity contribution >= 4 is 17.4 Å². The zero-order valence-electron chi connectivity index (χ0n) is 8.66. The highest BCUT2D eigenvalue weighted by Gasteiger charge is 2.19. The molecule has 0 saturated heterocycles. The summed E-state index contributed by atoms with van der Waals surface area (Å²) in [6.07, 6.45) is 1.59. The normalized spacial score (nSPS) is 14.7. The van der Waals surface area contributed by atoms with Gasteiger partial charge in [-0.3, -0.25) is 0 Å². The summed E-state index contributed by atoms with van der Waals surface area (Å²) in [5.74, 6) is 0.559. The molecule has 0 saturated carbocycles. The van der Waals surface area contributed by atoms with Crippen molar-refractivity contribution in [2.75, 3.05) is 18.5 Å². The summed E-state index contributed by atoms with van der Waals surface area (Å²) in [5.41, 5.74) is -0.350. The van der Waals surface area contributed by atoms with E-state index in [-0.39, 0.29) is 18.4 Å². The zero-order valence-corrected chi connectivity index (χ0v) is 9.41. The third kappa shape index (κ3) is 3.62. The van der Waals surface area contributed by atoms with Gasteiger partial charge in [0.1, 0.15) is 11.4 Å². The number of aromatic nitrogens is 2. The molecule has 0 aliphatic rings. The van der Waals surface area contributed by atoms with Crippen LogP contribution in [0.3, 0.4) is 0 Å². The fraction of sp³-hybridized carbons (Fsp3) is 0.556. The van der Waals surface area contributed by atoms with E-state index in [9.17, 15) is 5.11 Å². The van der Waals surface area contributed by atoms with E-state index in [0.29, 0.717) is 5.82 Å². The molecule has 15 heavy (non-hydrogen) atoms. The van der Waals surface area contributed by atoms with E-state index in [1.165, 1.54) is 6.92 Å². The summed E-state index contributed by atoms with van der Waals surface area (Å²) in [6, 6.07) is 0. The topological polar surface area (TPSA) is 78.3 Å². The van der Waals surface area contributed by atoms with Gasteiger partial charge in [0.25, 0.3) is 0 Å². The van der Waals surface area contributed by atoms with Gasteiger partial charge in [0.05, 0.1) is 6.61 Å². The number of hydrogen-bond donors (Lipinski definition) is 3. The Balaban J connectivity index is 2.69. The molecule has 1 unspecified atom stereocenters. The number of aliphatic hydroxyl groups excluding tert-OH is 1. The summed E-state index contributed by atoms with van der Waals surface area (Å²) in [7, 11) is 0. The van der Waals surface area contributed by atoms with E-state index in [1.54, 1.807) is 6.20 Å². The quantitative estimate of drug-likeness (QED) is 0.662. The van der Waals surface area contributed by atoms with Gasteiger partial charge < -0.3 is 15.5 Å². The van der Waals surface area contributed by atoms with Gasteiger partial charge in [-0.05, 0) is 25.4 Å². The van der Waals surface area contributed by atoms with Gasteiger partial charge in [0, 0.05) is 18.3 Å². The summed E-state index contributed by atoms with van der Waals surface area (Å²) < 4.78 is 0. The standard InChI is InChI=1S/C9H14ClN3O2/c1-6-3-11-8(10)13-7(6)12-4-9(2,15)5-14/h3,14-15H,4-5H2,1-2H3,(H,11,12,13). The van der Waals surface area contributed by atoms with Gasteiger partial charge in [0.15, 0.2) is 0 Å². The maximum Gasteiger partial charge on any atom is 0.224 e. The number of anilines is 1. The van der Waals surface area contributed by atoms with Crippen LogP contribution in [0.15, 0.2) is 6.20 Å². The van der Waals surface area contributed by atoms with E-state index in [2.05, 4.69) is 15.3 Å². The van der Waals surface area contributed by atoms with Crippen LogP contribution in [-0.4, -0.2) is 38.9 Å². The number of aryl methyl sites for hydroxylation is 1. The predicted molar refractivity (Wildman–Crippen MR) is 58.0 cm³/mol. The summed E-state index contributed by atoms with van der Waals surface area (Å²) in [4.78, 5) is 7.77. The van der Waals surface area contributed by atoms with Crippen LogP contribution in [0.2, 0.25) is 5.28 Å². The molecule has 3 N–H and O–H groups in total. The van der Waals surface area contributed by atoms with Crippen LogP contribution in [-0.2, 0) is 0 Å². The first kappa shape index (κ1) is 12.2. The molecule has 0 bridgehead atoms. The molecule has 0 aromatic carbocycles. The molecule has 84 valence electrons. The fourth-order valence-electron chi connectivity index (χ4n) is 0.930. The van der Waals surface area contributed by atoms with E-state index >= 15 is 0 Å². The van der Waals surface area contributed by atoms with Crippen molar-refractivity contribution in [3.8, 4) is 0 Å². The molecule has 1 aromatic rings. The molecule has 0 spiro atoms. The predicted octanol–water partition coefficient (Wildman–Crippen LogP) is 0.594. The number of rotatable bonds is 4. The Morgan fingerprint density at radius 2 is 2.27 bits per heavy atom. The molecule has 1 atom stereocenters. The van der Waals surface area contributed by atoms with Gasteiger partial charge in [-0.2, -0.15) is 0 Å². The number of nitrogens with one attached hydrogen (secondary N) is 1. The molecule has 6 heteroatoms. The molecule has 0 amide bonds. The summed E-state index contributed by atoms with van der Waals surface area (Å²) in [5, 5.41) is 21.4. The molecule has 1 rings (SSSR count). The van der Waals surface area contributed by atoms with Crippen LogP contribution in [0.1, 0.15) is 12.5 Å². The maximum atomic E-state index is 9.56. The first-order chi connectivity index (χ1) is 6.94. The Bertz CT molecular complexity index is 344. The Morgan fingerprint density at radius 1 is 1.60 bits per heavy atom. The van der Waals surface area contributed by atoms with E-state index in [0.717, 1.165) is 5.56 Å². The van der Waals surface area contributed by atoms with Crippen molar-refractivity contribution in [3.05, 3.63) is 17.0 Å². The monoisotopic (exact) mass is 231 g/mol. The van der Waals surface area contributed by atoms with Crippen LogP contribution < -0.4 is 5.32 Å². The van der Waals surface area contributed by atoms with E-state index in [4.69, 9.17) is 16.7 Å². The van der Waals surface area contributed by atoms with Crippen molar-refractivity contribution in [2.24, 2.45) is 0 Å². The minimum atomic E-state index is -1.18. The molecular weight excluding hydrogens is 218 g/mol. The van der Waals surface area contributed by atoms with Crippen molar-refractivity contribution in [1.82, 2.24) is 9.97 Å². The lowest BCUT2D eigenvalue weighted by Gasteiger charge is -2.21. The largest absolute Gasteiger partial charge is 0.393 e. The highest BCUT2D eigenvalue weighted by molar-refractivity contribution is 6.28. The molecule has 5 nitrogen and oxygen atoms in total. The maximum absolute atomic E-state index is 9.56. The van der Waals surface area contributed by atoms with Crippen LogP contribution in [0.25, 0.3) is 0 Å². The highest BCUT2D eigenvalue weighted by atomic mass is 35.5. The molecular formula is C9H14ClN3O2. The molecule has 1 heterocycles. The number of halogens is 1. The second-order valence-corrected chi connectivity index (χ2v) is 4.02. The Hall–Kier alpha value is -0.910. The molecule has 0 radical (unpaired) electrons. The Morgan fingerprint density at radius 3 is 2.87 bits per heavy atom. The third-order valence-corrected chi connectivity index (χ3v) is 2.10. The van der Waals surface area contributed by atoms with Crippen LogP contribution >= 0.6 is 11.6 Å². The lowest BCUT2D eigenvalue weighted by Crippen LogP contribution is -2.37. The SMILES string of the molecule is Cc1cnc(Cl)nc1NCC(C)(O)CO. The third-order valence-electron chi connectivity index (χ3n) is 1.92. The fourth-order valence-corrected chi connectivity index (χ4v) is 1.06. The second kappa shape index (κ2) is 4.74. The van der Waals surface area contributed by atoms with Gasteiger partial charge in [-0.1, -0.05) is 0 Å². The first-order valence-corrected chi connectivity index (χ1v) is 4.89. The lowest BCUT2D eigenvalue weighted by molar-refractivity contribution is 0.0131. The van der Waals surface area contributed by atoms with Gasteiger partial charge in [0.2, 0.25) is 5.28 Å². The van der Waals surface area contributed by atoms with Gasteiger partial charge in [-0.25, -0.2) is 9.97 Å². The van der Waals surface area contributed by atoms with E-state index in [1.807, 2.05) is 6.92 Å². The van der Waals surface area contributed by atoms with Crippen molar-refractivity contribution in [1.29, 1.82) is 0 Å². The van der Waals surface area contributed by atoms with Crippen LogP contribution in [0.4, 0.5) is 5.82 Å². The smallest absolute Gasteiger partial charge is 0.224 e. The van der Waals surface area contributed by atoms with E-state index < -0.39 is 5.60 Å². The Labute approximate surface area is 93.1 Å². The Kier molecular flexibility index (Phi) is 3.84. The molecule has 1 aromatic heterocycles. The molecule has 0 fully saturated rings. The van der Waals surface area contributed by atoms with Crippen LogP contribution in [0.5, 0.6) is 0 Å². The minimum absolute atomic E-state index is 0.145. The van der Waals surface area contributed by atoms with Gasteiger partial charge >= 0.3 is 0 Å². The minimum Gasteiger partial charge on any atom is -0.393 e. The number of nitrogens with zero attached hydrogens (tertiary/aromatic N) is 2. The van der Waals surface area contributed by atoms with Gasteiger partial charge in [-0.15, -0.1) is 0 Å². The highest BCUT2D eigenvalue weighted by Crippen LogP contribution is 2.13. The van der Waals surface area contributed by atoms with Crippen molar-refractivity contribution < 1.29 is 10.2 Å². The average Bonchev–Trinajstić information content (AvgIpc) is 2.20. The summed E-state index contributed by atoms with van der Waals surface area (Å²) in [6.45, 7) is 3.22. The van der Waals surface area contributed by atoms with Crippen molar-refractivity contribution in [3.63, 3.8) is 0 Å². The average molecular weight is 232 g/mol. The molecule has 0 aliphatic carbocycles. The summed E-state index contributed by atoms with van der Waals surface area (Å²) >= 11 is 5.63.